The lowest BCUT2D eigenvalue weighted by molar-refractivity contribution is -0.157. The average molecular weight is 251 g/mol. The van der Waals surface area contributed by atoms with Gasteiger partial charge in [-0.25, -0.2) is 0 Å². The van der Waals surface area contributed by atoms with E-state index in [1.165, 1.54) is 13.0 Å². The molecule has 0 saturated heterocycles. The Kier molecular flexibility index (Phi) is 4.55. The van der Waals surface area contributed by atoms with Crippen molar-refractivity contribution in [3.8, 4) is 0 Å². The zero-order valence-electron chi connectivity index (χ0n) is 10.5. The van der Waals surface area contributed by atoms with Crippen molar-refractivity contribution >= 4 is 17.5 Å². The van der Waals surface area contributed by atoms with Gasteiger partial charge in [-0.2, -0.15) is 0 Å². The van der Waals surface area contributed by atoms with E-state index >= 15 is 0 Å². The minimum Gasteiger partial charge on any atom is -0.465 e. The highest BCUT2D eigenvalue weighted by atomic mass is 16.5. The summed E-state index contributed by atoms with van der Waals surface area (Å²) in [6, 6.07) is -0.812. The number of carbonyl (C=O) groups is 3. The first-order chi connectivity index (χ1) is 8.45. The fraction of sp³-hybridized carbons (Fsp3) is 0.462. The Bertz CT molecular complexity index is 425. The van der Waals surface area contributed by atoms with Crippen molar-refractivity contribution in [2.45, 2.75) is 26.3 Å². The lowest BCUT2D eigenvalue weighted by Crippen LogP contribution is -2.52. The average Bonchev–Trinajstić information content (AvgIpc) is 2.28. The van der Waals surface area contributed by atoms with E-state index in [-0.39, 0.29) is 18.8 Å². The van der Waals surface area contributed by atoms with E-state index in [2.05, 4.69) is 0 Å². The third kappa shape index (κ3) is 2.56. The second-order valence-electron chi connectivity index (χ2n) is 4.16. The van der Waals surface area contributed by atoms with Crippen LogP contribution in [-0.4, -0.2) is 30.2 Å². The SMILES string of the molecule is CCOC(=O)C1(C(=O)CC(C)=O)C=CC=CC1N. The summed E-state index contributed by atoms with van der Waals surface area (Å²) in [7, 11) is 0. The molecule has 2 unspecified atom stereocenters. The fourth-order valence-electron chi connectivity index (χ4n) is 1.87. The second-order valence-corrected chi connectivity index (χ2v) is 4.16. The van der Waals surface area contributed by atoms with Crippen LogP contribution < -0.4 is 5.73 Å². The molecule has 0 radical (unpaired) electrons. The fourth-order valence-corrected chi connectivity index (χ4v) is 1.87. The van der Waals surface area contributed by atoms with Gasteiger partial charge < -0.3 is 10.5 Å². The molecular weight excluding hydrogens is 234 g/mol. The van der Waals surface area contributed by atoms with Crippen molar-refractivity contribution in [1.82, 2.24) is 0 Å². The quantitative estimate of drug-likeness (QED) is 0.569. The Morgan fingerprint density at radius 1 is 1.33 bits per heavy atom. The molecule has 2 N–H and O–H groups in total. The smallest absolute Gasteiger partial charge is 0.325 e. The Morgan fingerprint density at radius 3 is 2.50 bits per heavy atom. The van der Waals surface area contributed by atoms with Crippen molar-refractivity contribution < 1.29 is 19.1 Å². The third-order valence-electron chi connectivity index (χ3n) is 2.80. The summed E-state index contributed by atoms with van der Waals surface area (Å²) in [4.78, 5) is 35.3. The maximum atomic E-state index is 12.2. The van der Waals surface area contributed by atoms with Crippen LogP contribution >= 0.6 is 0 Å². The topological polar surface area (TPSA) is 86.5 Å². The van der Waals surface area contributed by atoms with E-state index in [0.717, 1.165) is 0 Å². The Labute approximate surface area is 106 Å². The summed E-state index contributed by atoms with van der Waals surface area (Å²) in [6.45, 7) is 3.10. The largest absolute Gasteiger partial charge is 0.465 e. The lowest BCUT2D eigenvalue weighted by atomic mass is 9.73. The molecule has 5 nitrogen and oxygen atoms in total. The maximum absolute atomic E-state index is 12.2. The van der Waals surface area contributed by atoms with Gasteiger partial charge in [-0.15, -0.1) is 0 Å². The van der Waals surface area contributed by atoms with E-state index in [9.17, 15) is 14.4 Å². The van der Waals surface area contributed by atoms with Crippen molar-refractivity contribution in [2.75, 3.05) is 6.61 Å². The molecular formula is C13H17NO4. The van der Waals surface area contributed by atoms with Crippen LogP contribution in [0.5, 0.6) is 0 Å². The molecule has 0 amide bonds. The van der Waals surface area contributed by atoms with Crippen LogP contribution in [-0.2, 0) is 19.1 Å². The zero-order chi connectivity index (χ0) is 13.8. The zero-order valence-corrected chi connectivity index (χ0v) is 10.5. The molecule has 0 aromatic rings. The van der Waals surface area contributed by atoms with Gasteiger partial charge in [-0.3, -0.25) is 14.4 Å². The molecule has 0 aromatic heterocycles. The maximum Gasteiger partial charge on any atom is 0.325 e. The molecule has 5 heteroatoms. The number of allylic oxidation sites excluding steroid dienone is 2. The van der Waals surface area contributed by atoms with Gasteiger partial charge in [0.1, 0.15) is 5.78 Å². The molecule has 0 heterocycles. The molecule has 0 fully saturated rings. The van der Waals surface area contributed by atoms with Crippen LogP contribution in [0.1, 0.15) is 20.3 Å². The number of ketones is 2. The first-order valence-corrected chi connectivity index (χ1v) is 5.76. The predicted octanol–water partition coefficient (Wildman–Crippen LogP) is 0.537. The molecule has 1 aliphatic rings. The number of ether oxygens (including phenoxy) is 1. The second kappa shape index (κ2) is 5.73. The molecule has 0 bridgehead atoms. The van der Waals surface area contributed by atoms with Gasteiger partial charge in [0.05, 0.1) is 13.0 Å². The van der Waals surface area contributed by atoms with Crippen molar-refractivity contribution in [3.05, 3.63) is 24.3 Å². The summed E-state index contributed by atoms with van der Waals surface area (Å²) >= 11 is 0. The summed E-state index contributed by atoms with van der Waals surface area (Å²) in [6.07, 6.45) is 5.86. The van der Waals surface area contributed by atoms with E-state index in [1.807, 2.05) is 0 Å². The Hall–Kier alpha value is -1.75. The standard InChI is InChI=1S/C13H17NO4/c1-3-18-12(17)13(11(16)8-9(2)15)7-5-4-6-10(13)14/h4-7,10H,3,8,14H2,1-2H3. The van der Waals surface area contributed by atoms with Crippen molar-refractivity contribution in [1.29, 1.82) is 0 Å². The summed E-state index contributed by atoms with van der Waals surface area (Å²) in [5.74, 6) is -1.54. The third-order valence-corrected chi connectivity index (χ3v) is 2.80. The molecule has 0 aromatic carbocycles. The number of esters is 1. The van der Waals surface area contributed by atoms with Crippen LogP contribution in [0.2, 0.25) is 0 Å². The molecule has 2 atom stereocenters. The van der Waals surface area contributed by atoms with Gasteiger partial charge in [0, 0.05) is 6.04 Å². The van der Waals surface area contributed by atoms with Gasteiger partial charge >= 0.3 is 5.97 Å². The van der Waals surface area contributed by atoms with Gasteiger partial charge in [0.2, 0.25) is 0 Å². The number of Topliss-reactive ketones (excluding diaryl/α,β-unsaturated/α-hetero) is 2. The van der Waals surface area contributed by atoms with E-state index in [0.29, 0.717) is 0 Å². The van der Waals surface area contributed by atoms with Crippen LogP contribution in [0.4, 0.5) is 0 Å². The van der Waals surface area contributed by atoms with E-state index in [4.69, 9.17) is 10.5 Å². The van der Waals surface area contributed by atoms with Crippen molar-refractivity contribution in [3.63, 3.8) is 0 Å². The lowest BCUT2D eigenvalue weighted by Gasteiger charge is -2.32. The highest BCUT2D eigenvalue weighted by Crippen LogP contribution is 2.31. The Morgan fingerprint density at radius 2 is 2.00 bits per heavy atom. The van der Waals surface area contributed by atoms with Gasteiger partial charge in [0.25, 0.3) is 0 Å². The highest BCUT2D eigenvalue weighted by Gasteiger charge is 2.49. The molecule has 0 spiro atoms. The summed E-state index contributed by atoms with van der Waals surface area (Å²) in [5, 5.41) is 0. The normalized spacial score (nSPS) is 25.8. The number of hydrogen-bond acceptors (Lipinski definition) is 5. The first-order valence-electron chi connectivity index (χ1n) is 5.76. The van der Waals surface area contributed by atoms with Crippen LogP contribution in [0.25, 0.3) is 0 Å². The molecule has 0 saturated carbocycles. The first kappa shape index (κ1) is 14.3. The van der Waals surface area contributed by atoms with Gasteiger partial charge in [-0.1, -0.05) is 24.3 Å². The molecule has 0 aliphatic heterocycles. The molecule has 98 valence electrons. The van der Waals surface area contributed by atoms with Gasteiger partial charge in [0.15, 0.2) is 11.2 Å². The number of carbonyl (C=O) groups excluding carboxylic acids is 3. The monoisotopic (exact) mass is 251 g/mol. The number of rotatable bonds is 5. The number of nitrogens with two attached hydrogens (primary N) is 1. The predicted molar refractivity (Wildman–Crippen MR) is 65.6 cm³/mol. The molecule has 1 aliphatic carbocycles. The van der Waals surface area contributed by atoms with Crippen LogP contribution in [0, 0.1) is 5.41 Å². The number of hydrogen-bond donors (Lipinski definition) is 1. The highest BCUT2D eigenvalue weighted by molar-refractivity contribution is 6.13. The Balaban J connectivity index is 3.13. The van der Waals surface area contributed by atoms with E-state index < -0.39 is 23.2 Å². The summed E-state index contributed by atoms with van der Waals surface area (Å²) < 4.78 is 4.92. The molecule has 1 rings (SSSR count). The van der Waals surface area contributed by atoms with Crippen molar-refractivity contribution in [2.24, 2.45) is 11.1 Å². The van der Waals surface area contributed by atoms with Crippen LogP contribution in [0.15, 0.2) is 24.3 Å². The minimum atomic E-state index is -1.57. The molecule has 18 heavy (non-hydrogen) atoms. The summed E-state index contributed by atoms with van der Waals surface area (Å²) in [5.41, 5.74) is 4.28. The van der Waals surface area contributed by atoms with Crippen LogP contribution in [0.3, 0.4) is 0 Å². The van der Waals surface area contributed by atoms with Gasteiger partial charge in [-0.05, 0) is 13.8 Å². The van der Waals surface area contributed by atoms with E-state index in [1.54, 1.807) is 25.2 Å². The minimum absolute atomic E-state index is 0.151.